The predicted molar refractivity (Wildman–Crippen MR) is 143 cm³/mol. The number of halogens is 1. The van der Waals surface area contributed by atoms with Crippen LogP contribution >= 0.6 is 11.8 Å². The van der Waals surface area contributed by atoms with Crippen LogP contribution in [0.4, 0.5) is 10.1 Å². The smallest absolute Gasteiger partial charge is 0.349 e. The Morgan fingerprint density at radius 2 is 1.78 bits per heavy atom. The number of amidine groups is 1. The summed E-state index contributed by atoms with van der Waals surface area (Å²) in [4.78, 5) is 40.4. The third-order valence-corrected chi connectivity index (χ3v) is 6.68. The van der Waals surface area contributed by atoms with Gasteiger partial charge in [-0.2, -0.15) is 0 Å². The van der Waals surface area contributed by atoms with Crippen LogP contribution < -0.4 is 16.0 Å². The molecule has 184 valence electrons. The third-order valence-electron chi connectivity index (χ3n) is 5.71. The van der Waals surface area contributed by atoms with Crippen molar-refractivity contribution in [3.05, 3.63) is 116 Å². The van der Waals surface area contributed by atoms with Crippen molar-refractivity contribution in [3.8, 4) is 0 Å². The lowest BCUT2D eigenvalue weighted by Gasteiger charge is -2.18. The number of nitrogens with zero attached hydrogens (tertiary/aromatic N) is 2. The van der Waals surface area contributed by atoms with Gasteiger partial charge in [-0.25, -0.2) is 14.6 Å². The summed E-state index contributed by atoms with van der Waals surface area (Å²) < 4.78 is 18.6. The summed E-state index contributed by atoms with van der Waals surface area (Å²) in [5.74, 6) is -1.50. The second-order valence-electron chi connectivity index (χ2n) is 8.41. The van der Waals surface area contributed by atoms with Crippen LogP contribution in [-0.2, 0) is 4.79 Å². The number of carbonyl (C=O) groups is 2. The molecule has 3 aromatic carbocycles. The van der Waals surface area contributed by atoms with Crippen LogP contribution in [0.3, 0.4) is 0 Å². The molecule has 0 saturated carbocycles. The molecule has 0 bridgehead atoms. The lowest BCUT2D eigenvalue weighted by molar-refractivity contribution is -0.113. The highest BCUT2D eigenvalue weighted by Gasteiger charge is 2.36. The van der Waals surface area contributed by atoms with Crippen LogP contribution in [0.2, 0.25) is 0 Å². The largest absolute Gasteiger partial charge is 0.422 e. The first-order valence-electron chi connectivity index (χ1n) is 11.3. The predicted octanol–water partition coefficient (Wildman–Crippen LogP) is 5.37. The number of amides is 2. The van der Waals surface area contributed by atoms with E-state index in [-0.39, 0.29) is 22.5 Å². The molecule has 1 fully saturated rings. The molecule has 9 heteroatoms. The van der Waals surface area contributed by atoms with E-state index in [9.17, 15) is 18.8 Å². The van der Waals surface area contributed by atoms with Crippen molar-refractivity contribution in [1.82, 2.24) is 5.43 Å². The number of anilines is 1. The normalized spacial score (nSPS) is 15.6. The number of fused-ring (bicyclic) bond motifs is 1. The lowest BCUT2D eigenvalue weighted by Crippen LogP contribution is -2.32. The Labute approximate surface area is 215 Å². The molecule has 2 amide bonds. The maximum absolute atomic E-state index is 13.4. The van der Waals surface area contributed by atoms with Gasteiger partial charge in [0, 0.05) is 5.39 Å². The number of benzene rings is 3. The Hall–Kier alpha value is -4.50. The van der Waals surface area contributed by atoms with E-state index in [0.29, 0.717) is 27.1 Å². The highest BCUT2D eigenvalue weighted by atomic mass is 32.2. The molecule has 4 aromatic rings. The first-order chi connectivity index (χ1) is 17.8. The van der Waals surface area contributed by atoms with Crippen molar-refractivity contribution in [2.75, 3.05) is 4.90 Å². The summed E-state index contributed by atoms with van der Waals surface area (Å²) in [5, 5.41) is 4.99. The molecule has 1 aromatic heterocycles. The van der Waals surface area contributed by atoms with Gasteiger partial charge in [0.15, 0.2) is 5.17 Å². The average molecular weight is 514 g/mol. The van der Waals surface area contributed by atoms with E-state index in [2.05, 4.69) is 10.5 Å². The summed E-state index contributed by atoms with van der Waals surface area (Å²) in [6.07, 6.45) is 1.63. The maximum Gasteiger partial charge on any atom is 0.349 e. The number of aryl methyl sites for hydroxylation is 2. The molecule has 1 aliphatic heterocycles. The van der Waals surface area contributed by atoms with E-state index in [1.165, 1.54) is 23.1 Å². The molecule has 2 heterocycles. The van der Waals surface area contributed by atoms with Crippen molar-refractivity contribution in [1.29, 1.82) is 0 Å². The Balaban J connectivity index is 1.51. The van der Waals surface area contributed by atoms with Crippen LogP contribution in [0, 0.1) is 19.7 Å². The highest BCUT2D eigenvalue weighted by Crippen LogP contribution is 2.37. The molecule has 37 heavy (non-hydrogen) atoms. The third kappa shape index (κ3) is 4.94. The second-order valence-corrected chi connectivity index (χ2v) is 9.42. The monoisotopic (exact) mass is 513 g/mol. The lowest BCUT2D eigenvalue weighted by atomic mass is 10.1. The molecule has 5 rings (SSSR count). The van der Waals surface area contributed by atoms with Crippen molar-refractivity contribution < 1.29 is 18.4 Å². The molecule has 0 radical (unpaired) electrons. The standard InChI is InChI=1S/C28H20FN3O4S/c1-16-7-12-22(17(2)13-16)32-26(34)24(14-18-8-10-20(29)11-9-18)37-28(32)31-30-25(33)21-15-19-5-3-4-6-23(19)36-27(21)35/h3-15H,1-2H3,(H,30,33)/b24-14-,31-28-. The Kier molecular flexibility index (Phi) is 6.45. The van der Waals surface area contributed by atoms with Gasteiger partial charge in [0.05, 0.1) is 10.6 Å². The summed E-state index contributed by atoms with van der Waals surface area (Å²) >= 11 is 1.06. The van der Waals surface area contributed by atoms with Gasteiger partial charge < -0.3 is 4.42 Å². The van der Waals surface area contributed by atoms with Crippen molar-refractivity contribution >= 4 is 51.5 Å². The number of nitrogens with one attached hydrogen (secondary N) is 1. The molecular formula is C28H20FN3O4S. The number of hydrogen-bond donors (Lipinski definition) is 1. The molecular weight excluding hydrogens is 493 g/mol. The van der Waals surface area contributed by atoms with Gasteiger partial charge >= 0.3 is 5.63 Å². The summed E-state index contributed by atoms with van der Waals surface area (Å²) in [6.45, 7) is 3.82. The van der Waals surface area contributed by atoms with Crippen LogP contribution in [0.25, 0.3) is 17.0 Å². The molecule has 0 aliphatic carbocycles. The van der Waals surface area contributed by atoms with Crippen LogP contribution in [0.1, 0.15) is 27.0 Å². The Bertz CT molecular complexity index is 1680. The summed E-state index contributed by atoms with van der Waals surface area (Å²) in [7, 11) is 0. The zero-order valence-electron chi connectivity index (χ0n) is 19.8. The fraction of sp³-hybridized carbons (Fsp3) is 0.0714. The number of carbonyl (C=O) groups excluding carboxylic acids is 2. The number of hydrazone groups is 1. The molecule has 1 aliphatic rings. The molecule has 1 saturated heterocycles. The van der Waals surface area contributed by atoms with Crippen LogP contribution in [-0.4, -0.2) is 17.0 Å². The molecule has 0 spiro atoms. The summed E-state index contributed by atoms with van der Waals surface area (Å²) in [5.41, 5.74) is 4.85. The molecule has 0 atom stereocenters. The van der Waals surface area contributed by atoms with Gasteiger partial charge in [0.25, 0.3) is 11.8 Å². The minimum atomic E-state index is -0.797. The molecule has 0 unspecified atom stereocenters. The Morgan fingerprint density at radius 1 is 1.03 bits per heavy atom. The van der Waals surface area contributed by atoms with E-state index in [1.54, 1.807) is 48.5 Å². The maximum atomic E-state index is 13.4. The van der Waals surface area contributed by atoms with Crippen molar-refractivity contribution in [2.24, 2.45) is 5.10 Å². The van der Waals surface area contributed by atoms with E-state index in [4.69, 9.17) is 4.42 Å². The van der Waals surface area contributed by atoms with Gasteiger partial charge in [-0.1, -0.05) is 48.0 Å². The highest BCUT2D eigenvalue weighted by molar-refractivity contribution is 8.19. The zero-order chi connectivity index (χ0) is 26.1. The Morgan fingerprint density at radius 3 is 2.54 bits per heavy atom. The van der Waals surface area contributed by atoms with Gasteiger partial charge in [0.2, 0.25) is 0 Å². The molecule has 7 nitrogen and oxygen atoms in total. The quantitative estimate of drug-likeness (QED) is 0.225. The van der Waals surface area contributed by atoms with Gasteiger partial charge in [-0.15, -0.1) is 5.10 Å². The minimum absolute atomic E-state index is 0.198. The van der Waals surface area contributed by atoms with Crippen LogP contribution in [0.15, 0.2) is 92.0 Å². The van der Waals surface area contributed by atoms with Gasteiger partial charge in [0.1, 0.15) is 17.0 Å². The zero-order valence-corrected chi connectivity index (χ0v) is 20.6. The first-order valence-corrected chi connectivity index (χ1v) is 12.1. The van der Waals surface area contributed by atoms with E-state index < -0.39 is 11.5 Å². The topological polar surface area (TPSA) is 92.0 Å². The fourth-order valence-electron chi connectivity index (χ4n) is 3.91. The van der Waals surface area contributed by atoms with E-state index in [0.717, 1.165) is 22.9 Å². The van der Waals surface area contributed by atoms with Crippen molar-refractivity contribution in [2.45, 2.75) is 13.8 Å². The average Bonchev–Trinajstić information content (AvgIpc) is 3.18. The second kappa shape index (κ2) is 9.87. The number of rotatable bonds is 4. The van der Waals surface area contributed by atoms with E-state index in [1.807, 2.05) is 26.0 Å². The van der Waals surface area contributed by atoms with Gasteiger partial charge in [-0.05, 0) is 73.1 Å². The SMILES string of the molecule is Cc1ccc(N2C(=O)/C(=C/c3ccc(F)cc3)S/C2=N\NC(=O)c2cc3ccccc3oc2=O)c(C)c1. The molecule has 1 N–H and O–H groups in total. The minimum Gasteiger partial charge on any atom is -0.422 e. The number of para-hydroxylation sites is 1. The fourth-order valence-corrected chi connectivity index (χ4v) is 4.84. The number of thioether (sulfide) groups is 1. The van der Waals surface area contributed by atoms with Crippen LogP contribution in [0.5, 0.6) is 0 Å². The van der Waals surface area contributed by atoms with Gasteiger partial charge in [-0.3, -0.25) is 14.5 Å². The first kappa shape index (κ1) is 24.2. The summed E-state index contributed by atoms with van der Waals surface area (Å²) in [6, 6.07) is 19.6. The van der Waals surface area contributed by atoms with E-state index >= 15 is 0 Å². The van der Waals surface area contributed by atoms with Crippen molar-refractivity contribution in [3.63, 3.8) is 0 Å². The number of hydrogen-bond acceptors (Lipinski definition) is 6.